The lowest BCUT2D eigenvalue weighted by Crippen LogP contribution is -1.99. The van der Waals surface area contributed by atoms with E-state index in [1.54, 1.807) is 23.1 Å². The van der Waals surface area contributed by atoms with Crippen LogP contribution in [0.25, 0.3) is 11.4 Å². The minimum atomic E-state index is -0.430. The van der Waals surface area contributed by atoms with Crippen molar-refractivity contribution in [3.05, 3.63) is 40.7 Å². The van der Waals surface area contributed by atoms with Crippen molar-refractivity contribution in [2.24, 2.45) is 0 Å². The molecular formula is C10H9BrN4O2. The van der Waals surface area contributed by atoms with Gasteiger partial charge in [-0.15, -0.1) is 0 Å². The fraction of sp³-hybridized carbons (Fsp3) is 0.200. The molecule has 2 rings (SSSR count). The van der Waals surface area contributed by atoms with Crippen molar-refractivity contribution in [1.29, 1.82) is 0 Å². The number of alkyl halides is 1. The highest BCUT2D eigenvalue weighted by Crippen LogP contribution is 2.18. The van der Waals surface area contributed by atoms with E-state index in [0.717, 1.165) is 17.4 Å². The van der Waals surface area contributed by atoms with Gasteiger partial charge in [0.1, 0.15) is 6.33 Å². The minimum Gasteiger partial charge on any atom is -0.258 e. The predicted molar refractivity (Wildman–Crippen MR) is 65.9 cm³/mol. The molecule has 0 bridgehead atoms. The van der Waals surface area contributed by atoms with Crippen molar-refractivity contribution in [3.63, 3.8) is 0 Å². The Labute approximate surface area is 106 Å². The number of hydrogen-bond donors (Lipinski definition) is 0. The first-order chi connectivity index (χ1) is 8.20. The summed E-state index contributed by atoms with van der Waals surface area (Å²) in [7, 11) is 0. The molecule has 1 aromatic heterocycles. The van der Waals surface area contributed by atoms with E-state index >= 15 is 0 Å². The number of halogens is 1. The fourth-order valence-electron chi connectivity index (χ4n) is 1.35. The Hall–Kier alpha value is -1.76. The molecule has 88 valence electrons. The fourth-order valence-corrected chi connectivity index (χ4v) is 1.72. The number of aryl methyl sites for hydroxylation is 1. The van der Waals surface area contributed by atoms with E-state index in [1.807, 2.05) is 0 Å². The number of nitro benzene ring substituents is 1. The zero-order valence-electron chi connectivity index (χ0n) is 8.78. The number of non-ortho nitro benzene ring substituents is 1. The third-order valence-electron chi connectivity index (χ3n) is 2.19. The van der Waals surface area contributed by atoms with E-state index in [9.17, 15) is 10.1 Å². The van der Waals surface area contributed by atoms with E-state index in [4.69, 9.17) is 0 Å². The number of aromatic nitrogens is 3. The molecule has 0 aliphatic carbocycles. The van der Waals surface area contributed by atoms with Crippen LogP contribution in [0.4, 0.5) is 5.69 Å². The van der Waals surface area contributed by atoms with Gasteiger partial charge in [-0.2, -0.15) is 5.10 Å². The molecule has 0 amide bonds. The molecule has 0 spiro atoms. The van der Waals surface area contributed by atoms with Crippen LogP contribution in [0.2, 0.25) is 0 Å². The van der Waals surface area contributed by atoms with Crippen molar-refractivity contribution in [3.8, 4) is 11.4 Å². The third kappa shape index (κ3) is 2.68. The first kappa shape index (κ1) is 11.7. The average Bonchev–Trinajstić information content (AvgIpc) is 2.78. The topological polar surface area (TPSA) is 73.8 Å². The predicted octanol–water partition coefficient (Wildman–Crippen LogP) is 2.25. The van der Waals surface area contributed by atoms with Gasteiger partial charge >= 0.3 is 0 Å². The average molecular weight is 297 g/mol. The maximum Gasteiger partial charge on any atom is 0.269 e. The van der Waals surface area contributed by atoms with Crippen molar-refractivity contribution in [2.75, 3.05) is 5.33 Å². The zero-order valence-corrected chi connectivity index (χ0v) is 10.4. The van der Waals surface area contributed by atoms with Crippen molar-refractivity contribution in [2.45, 2.75) is 6.54 Å². The summed E-state index contributed by atoms with van der Waals surface area (Å²) in [4.78, 5) is 14.2. The molecule has 7 heteroatoms. The van der Waals surface area contributed by atoms with Crippen LogP contribution >= 0.6 is 15.9 Å². The summed E-state index contributed by atoms with van der Waals surface area (Å²) >= 11 is 3.31. The molecule has 0 unspecified atom stereocenters. The highest BCUT2D eigenvalue weighted by Gasteiger charge is 2.07. The van der Waals surface area contributed by atoms with Crippen LogP contribution in [0, 0.1) is 10.1 Å². The zero-order chi connectivity index (χ0) is 12.3. The Bertz CT molecular complexity index is 523. The minimum absolute atomic E-state index is 0.0636. The second kappa shape index (κ2) is 5.05. The molecule has 0 radical (unpaired) electrons. The monoisotopic (exact) mass is 296 g/mol. The van der Waals surface area contributed by atoms with Crippen molar-refractivity contribution >= 4 is 21.6 Å². The van der Waals surface area contributed by atoms with Crippen LogP contribution in [-0.4, -0.2) is 25.0 Å². The van der Waals surface area contributed by atoms with Crippen LogP contribution < -0.4 is 0 Å². The third-order valence-corrected chi connectivity index (χ3v) is 2.54. The molecule has 2 aromatic rings. The maximum absolute atomic E-state index is 10.5. The second-order valence-electron chi connectivity index (χ2n) is 3.32. The number of rotatable bonds is 4. The lowest BCUT2D eigenvalue weighted by atomic mass is 10.2. The molecule has 0 aliphatic heterocycles. The summed E-state index contributed by atoms with van der Waals surface area (Å²) < 4.78 is 1.71. The van der Waals surface area contributed by atoms with Gasteiger partial charge in [-0.3, -0.25) is 14.8 Å². The number of hydrogen-bond acceptors (Lipinski definition) is 4. The van der Waals surface area contributed by atoms with Gasteiger partial charge in [0.05, 0.1) is 11.5 Å². The first-order valence-corrected chi connectivity index (χ1v) is 6.03. The number of benzene rings is 1. The highest BCUT2D eigenvalue weighted by molar-refractivity contribution is 9.09. The Morgan fingerprint density at radius 1 is 1.35 bits per heavy atom. The van der Waals surface area contributed by atoms with E-state index in [2.05, 4.69) is 26.0 Å². The normalized spacial score (nSPS) is 10.4. The molecule has 0 fully saturated rings. The summed E-state index contributed by atoms with van der Waals surface area (Å²) in [5.74, 6) is 0.570. The standard InChI is InChI=1S/C10H9BrN4O2/c11-5-6-14-7-12-10(13-14)8-1-3-9(4-2-8)15(16)17/h1-4,7H,5-6H2. The first-order valence-electron chi connectivity index (χ1n) is 4.91. The van der Waals surface area contributed by atoms with Gasteiger partial charge in [0.2, 0.25) is 0 Å². The SMILES string of the molecule is O=[N+]([O-])c1ccc(-c2ncn(CCBr)n2)cc1. The smallest absolute Gasteiger partial charge is 0.258 e. The van der Waals surface area contributed by atoms with Gasteiger partial charge in [-0.1, -0.05) is 15.9 Å². The highest BCUT2D eigenvalue weighted by atomic mass is 79.9. The van der Waals surface area contributed by atoms with E-state index in [1.165, 1.54) is 12.1 Å². The summed E-state index contributed by atoms with van der Waals surface area (Å²) in [6, 6.07) is 6.18. The summed E-state index contributed by atoms with van der Waals surface area (Å²) in [6.07, 6.45) is 1.64. The Balaban J connectivity index is 2.23. The molecule has 0 aliphatic rings. The van der Waals surface area contributed by atoms with Crippen LogP contribution in [0.1, 0.15) is 0 Å². The Morgan fingerprint density at radius 3 is 2.65 bits per heavy atom. The van der Waals surface area contributed by atoms with E-state index < -0.39 is 4.92 Å². The van der Waals surface area contributed by atoms with Gasteiger partial charge in [-0.25, -0.2) is 4.98 Å². The van der Waals surface area contributed by atoms with Gasteiger partial charge in [0.15, 0.2) is 5.82 Å². The quantitative estimate of drug-likeness (QED) is 0.493. The lowest BCUT2D eigenvalue weighted by Gasteiger charge is -1.96. The maximum atomic E-state index is 10.5. The molecule has 0 N–H and O–H groups in total. The lowest BCUT2D eigenvalue weighted by molar-refractivity contribution is -0.384. The summed E-state index contributed by atoms with van der Waals surface area (Å²) in [5, 5.41) is 15.6. The van der Waals surface area contributed by atoms with Gasteiger partial charge in [0, 0.05) is 23.0 Å². The largest absolute Gasteiger partial charge is 0.269 e. The number of nitro groups is 1. The van der Waals surface area contributed by atoms with Crippen LogP contribution in [0.5, 0.6) is 0 Å². The van der Waals surface area contributed by atoms with Crippen LogP contribution in [-0.2, 0) is 6.54 Å². The molecule has 1 aromatic carbocycles. The molecule has 6 nitrogen and oxygen atoms in total. The second-order valence-corrected chi connectivity index (χ2v) is 4.12. The molecule has 0 saturated carbocycles. The molecule has 0 atom stereocenters. The van der Waals surface area contributed by atoms with Crippen molar-refractivity contribution < 1.29 is 4.92 Å². The Morgan fingerprint density at radius 2 is 2.06 bits per heavy atom. The Kier molecular flexibility index (Phi) is 3.48. The van der Waals surface area contributed by atoms with E-state index in [-0.39, 0.29) is 5.69 Å². The summed E-state index contributed by atoms with van der Waals surface area (Å²) in [5.41, 5.74) is 0.831. The molecule has 17 heavy (non-hydrogen) atoms. The molecular weight excluding hydrogens is 288 g/mol. The van der Waals surface area contributed by atoms with Gasteiger partial charge < -0.3 is 0 Å². The molecule has 1 heterocycles. The van der Waals surface area contributed by atoms with Gasteiger partial charge in [-0.05, 0) is 12.1 Å². The van der Waals surface area contributed by atoms with E-state index in [0.29, 0.717) is 5.82 Å². The van der Waals surface area contributed by atoms with Crippen LogP contribution in [0.3, 0.4) is 0 Å². The molecule has 0 saturated heterocycles. The van der Waals surface area contributed by atoms with Crippen molar-refractivity contribution in [1.82, 2.24) is 14.8 Å². The van der Waals surface area contributed by atoms with Crippen LogP contribution in [0.15, 0.2) is 30.6 Å². The number of nitrogens with zero attached hydrogens (tertiary/aromatic N) is 4. The summed E-state index contributed by atoms with van der Waals surface area (Å²) in [6.45, 7) is 0.736. The van der Waals surface area contributed by atoms with Gasteiger partial charge in [0.25, 0.3) is 5.69 Å².